The minimum atomic E-state index is -4.54. The average molecular weight is 311 g/mol. The van der Waals surface area contributed by atoms with E-state index >= 15 is 0 Å². The fourth-order valence-electron chi connectivity index (χ4n) is 2.37. The molecule has 0 spiro atoms. The maximum Gasteiger partial charge on any atom is 0.420 e. The van der Waals surface area contributed by atoms with Gasteiger partial charge in [-0.3, -0.25) is 4.79 Å². The molecule has 1 aliphatic rings. The van der Waals surface area contributed by atoms with Gasteiger partial charge in [0.1, 0.15) is 17.0 Å². The maximum atomic E-state index is 13.3. The van der Waals surface area contributed by atoms with Crippen molar-refractivity contribution in [1.29, 1.82) is 0 Å². The predicted octanol–water partition coefficient (Wildman–Crippen LogP) is 1.85. The Bertz CT molecular complexity index is 717. The molecular formula is C13H12F3N5O. The van der Waals surface area contributed by atoms with Gasteiger partial charge < -0.3 is 4.90 Å². The molecule has 0 radical (unpaired) electrons. The van der Waals surface area contributed by atoms with Gasteiger partial charge in [-0.25, -0.2) is 5.10 Å². The Morgan fingerprint density at radius 1 is 1.09 bits per heavy atom. The summed E-state index contributed by atoms with van der Waals surface area (Å²) in [7, 11) is 0. The molecule has 0 aliphatic carbocycles. The highest BCUT2D eigenvalue weighted by Crippen LogP contribution is 2.37. The lowest BCUT2D eigenvalue weighted by Crippen LogP contribution is -2.24. The number of alkyl halides is 3. The fraction of sp³-hybridized carbons (Fsp3) is 0.385. The van der Waals surface area contributed by atoms with Crippen LogP contribution in [0.5, 0.6) is 0 Å². The summed E-state index contributed by atoms with van der Waals surface area (Å²) in [5, 5.41) is 13.4. The number of H-pyrrole nitrogens is 1. The Hall–Kier alpha value is -2.45. The minimum Gasteiger partial charge on any atom is -0.355 e. The van der Waals surface area contributed by atoms with Gasteiger partial charge in [-0.1, -0.05) is 0 Å². The molecule has 3 rings (SSSR count). The third-order valence-electron chi connectivity index (χ3n) is 3.43. The lowest BCUT2D eigenvalue weighted by atomic mass is 10.2. The molecule has 116 valence electrons. The standard InChI is InChI=1S/C13H12F3N5O/c14-13(15,16)8-7-10(9-3-4-11(22)19-17-9)18-20-12(8)21-5-1-2-6-21/h3-4,7H,1-2,5-6H2,(H,19,22). The van der Waals surface area contributed by atoms with E-state index in [0.29, 0.717) is 13.1 Å². The Morgan fingerprint density at radius 2 is 1.82 bits per heavy atom. The van der Waals surface area contributed by atoms with Gasteiger partial charge in [0.15, 0.2) is 5.82 Å². The molecule has 2 aromatic heterocycles. The van der Waals surface area contributed by atoms with Gasteiger partial charge in [0.2, 0.25) is 0 Å². The van der Waals surface area contributed by atoms with E-state index in [9.17, 15) is 18.0 Å². The van der Waals surface area contributed by atoms with Crippen molar-refractivity contribution in [2.75, 3.05) is 18.0 Å². The van der Waals surface area contributed by atoms with Crippen LogP contribution < -0.4 is 10.5 Å². The Morgan fingerprint density at radius 3 is 2.41 bits per heavy atom. The molecule has 0 saturated carbocycles. The molecule has 1 fully saturated rings. The highest BCUT2D eigenvalue weighted by molar-refractivity contribution is 5.59. The molecule has 0 bridgehead atoms. The highest BCUT2D eigenvalue weighted by Gasteiger charge is 2.37. The lowest BCUT2D eigenvalue weighted by molar-refractivity contribution is -0.137. The molecule has 0 unspecified atom stereocenters. The van der Waals surface area contributed by atoms with E-state index in [2.05, 4.69) is 20.4 Å². The van der Waals surface area contributed by atoms with E-state index in [4.69, 9.17) is 0 Å². The smallest absolute Gasteiger partial charge is 0.355 e. The normalized spacial score (nSPS) is 15.3. The van der Waals surface area contributed by atoms with Crippen molar-refractivity contribution in [3.8, 4) is 11.4 Å². The van der Waals surface area contributed by atoms with E-state index in [1.165, 1.54) is 12.1 Å². The van der Waals surface area contributed by atoms with E-state index in [-0.39, 0.29) is 17.2 Å². The molecule has 0 amide bonds. The van der Waals surface area contributed by atoms with Gasteiger partial charge in [0.05, 0.1) is 0 Å². The zero-order valence-electron chi connectivity index (χ0n) is 11.4. The summed E-state index contributed by atoms with van der Waals surface area (Å²) in [6, 6.07) is 3.39. The second kappa shape index (κ2) is 5.39. The number of hydrogen-bond donors (Lipinski definition) is 1. The van der Waals surface area contributed by atoms with Gasteiger partial charge >= 0.3 is 6.18 Å². The number of nitrogens with zero attached hydrogens (tertiary/aromatic N) is 4. The van der Waals surface area contributed by atoms with Crippen LogP contribution in [-0.4, -0.2) is 33.5 Å². The Balaban J connectivity index is 2.07. The van der Waals surface area contributed by atoms with E-state index in [1.807, 2.05) is 0 Å². The molecule has 9 heteroatoms. The lowest BCUT2D eigenvalue weighted by Gasteiger charge is -2.20. The quantitative estimate of drug-likeness (QED) is 0.916. The van der Waals surface area contributed by atoms with Gasteiger partial charge in [-0.2, -0.15) is 18.3 Å². The number of anilines is 1. The number of halogens is 3. The van der Waals surface area contributed by atoms with Gasteiger partial charge in [0, 0.05) is 19.2 Å². The topological polar surface area (TPSA) is 74.8 Å². The molecular weight excluding hydrogens is 299 g/mol. The number of rotatable bonds is 2. The first-order valence-corrected chi connectivity index (χ1v) is 6.71. The zero-order valence-corrected chi connectivity index (χ0v) is 11.4. The molecule has 0 aromatic carbocycles. The summed E-state index contributed by atoms with van der Waals surface area (Å²) in [5.41, 5.74) is -1.19. The van der Waals surface area contributed by atoms with Crippen LogP contribution in [0.1, 0.15) is 18.4 Å². The largest absolute Gasteiger partial charge is 0.420 e. The van der Waals surface area contributed by atoms with Crippen molar-refractivity contribution in [2.24, 2.45) is 0 Å². The number of aromatic amines is 1. The second-order valence-corrected chi connectivity index (χ2v) is 4.97. The van der Waals surface area contributed by atoms with Crippen molar-refractivity contribution in [3.05, 3.63) is 34.1 Å². The molecule has 2 aromatic rings. The summed E-state index contributed by atoms with van der Waals surface area (Å²) in [6.45, 7) is 1.07. The van der Waals surface area contributed by atoms with Crippen LogP contribution in [0.25, 0.3) is 11.4 Å². The molecule has 1 N–H and O–H groups in total. The van der Waals surface area contributed by atoms with Crippen LogP contribution >= 0.6 is 0 Å². The highest BCUT2D eigenvalue weighted by atomic mass is 19.4. The molecule has 0 atom stereocenters. The first kappa shape index (κ1) is 14.5. The van der Waals surface area contributed by atoms with Crippen molar-refractivity contribution in [1.82, 2.24) is 20.4 Å². The number of nitrogens with one attached hydrogen (secondary N) is 1. The van der Waals surface area contributed by atoms with Crippen molar-refractivity contribution in [2.45, 2.75) is 19.0 Å². The zero-order chi connectivity index (χ0) is 15.7. The van der Waals surface area contributed by atoms with Crippen LogP contribution in [0.15, 0.2) is 23.0 Å². The third-order valence-corrected chi connectivity index (χ3v) is 3.43. The molecule has 1 saturated heterocycles. The second-order valence-electron chi connectivity index (χ2n) is 4.97. The average Bonchev–Trinajstić information content (AvgIpc) is 3.01. The van der Waals surface area contributed by atoms with E-state index < -0.39 is 17.3 Å². The monoisotopic (exact) mass is 311 g/mol. The van der Waals surface area contributed by atoms with Gasteiger partial charge in [0.25, 0.3) is 5.56 Å². The summed E-state index contributed by atoms with van der Waals surface area (Å²) in [4.78, 5) is 12.5. The van der Waals surface area contributed by atoms with E-state index in [0.717, 1.165) is 18.9 Å². The predicted molar refractivity (Wildman–Crippen MR) is 72.3 cm³/mol. The number of aromatic nitrogens is 4. The van der Waals surface area contributed by atoms with Crippen LogP contribution in [0.4, 0.5) is 19.0 Å². The van der Waals surface area contributed by atoms with Crippen LogP contribution in [-0.2, 0) is 6.18 Å². The molecule has 6 nitrogen and oxygen atoms in total. The third kappa shape index (κ3) is 2.78. The van der Waals surface area contributed by atoms with Crippen molar-refractivity contribution >= 4 is 5.82 Å². The fourth-order valence-corrected chi connectivity index (χ4v) is 2.37. The molecule has 22 heavy (non-hydrogen) atoms. The molecule has 1 aliphatic heterocycles. The van der Waals surface area contributed by atoms with Crippen molar-refractivity contribution in [3.63, 3.8) is 0 Å². The van der Waals surface area contributed by atoms with Crippen LogP contribution in [0.2, 0.25) is 0 Å². The van der Waals surface area contributed by atoms with E-state index in [1.54, 1.807) is 4.90 Å². The first-order valence-electron chi connectivity index (χ1n) is 6.71. The number of hydrogen-bond acceptors (Lipinski definition) is 5. The SMILES string of the molecule is O=c1ccc(-c2cc(C(F)(F)F)c(N3CCCC3)nn2)n[nH]1. The van der Waals surface area contributed by atoms with Gasteiger partial charge in [-0.15, -0.1) is 10.2 Å². The molecule has 3 heterocycles. The summed E-state index contributed by atoms with van der Waals surface area (Å²) >= 11 is 0. The summed E-state index contributed by atoms with van der Waals surface area (Å²) in [6.07, 6.45) is -2.87. The Labute approximate surface area is 123 Å². The van der Waals surface area contributed by atoms with Crippen LogP contribution in [0.3, 0.4) is 0 Å². The van der Waals surface area contributed by atoms with Crippen molar-refractivity contribution < 1.29 is 13.2 Å². The summed E-state index contributed by atoms with van der Waals surface area (Å²) in [5.74, 6) is -0.154. The van der Waals surface area contributed by atoms with Gasteiger partial charge in [-0.05, 0) is 25.0 Å². The summed E-state index contributed by atoms with van der Waals surface area (Å²) < 4.78 is 39.9. The first-order chi connectivity index (χ1) is 10.4. The maximum absolute atomic E-state index is 13.3. The van der Waals surface area contributed by atoms with Crippen LogP contribution in [0, 0.1) is 0 Å². The Kier molecular flexibility index (Phi) is 3.55. The minimum absolute atomic E-state index is 0.0356.